The fraction of sp³-hybridized carbons (Fsp3) is 0.100. The molecule has 3 aliphatic rings. The molecule has 2 bridgehead atoms. The van der Waals surface area contributed by atoms with E-state index in [1.54, 1.807) is 0 Å². The minimum Gasteiger partial charge on any atom is -0.0840 e. The molecule has 2 heteroatoms. The van der Waals surface area contributed by atoms with Crippen molar-refractivity contribution in [2.45, 2.75) is 11.8 Å². The highest BCUT2D eigenvalue weighted by Crippen LogP contribution is 2.58. The Bertz CT molecular complexity index is 850. The lowest BCUT2D eigenvalue weighted by molar-refractivity contribution is 0.755. The van der Waals surface area contributed by atoms with Crippen molar-refractivity contribution in [3.8, 4) is 0 Å². The van der Waals surface area contributed by atoms with Crippen molar-refractivity contribution in [2.24, 2.45) is 0 Å². The molecule has 0 saturated carbocycles. The Hall–Kier alpha value is -1.76. The second-order valence-corrected chi connectivity index (χ2v) is 6.79. The van der Waals surface area contributed by atoms with Gasteiger partial charge in [0.05, 0.1) is 0 Å². The topological polar surface area (TPSA) is 0 Å². The minimum atomic E-state index is 0.193. The standard InChI is InChI=1S/C20H12Cl2/c21-15-9-4-8-14-18-12-6-2-1-5-11(12)17(19(14)15)13-7-3-10-16(22)20(13)18/h1-10,17-18H/t17-,18-/m1/s1. The van der Waals surface area contributed by atoms with E-state index < -0.39 is 0 Å². The summed E-state index contributed by atoms with van der Waals surface area (Å²) in [4.78, 5) is 0. The van der Waals surface area contributed by atoms with Gasteiger partial charge in [0.15, 0.2) is 0 Å². The second kappa shape index (κ2) is 4.38. The maximum Gasteiger partial charge on any atom is 0.0450 e. The predicted molar refractivity (Wildman–Crippen MR) is 91.2 cm³/mol. The van der Waals surface area contributed by atoms with Crippen molar-refractivity contribution < 1.29 is 0 Å². The molecule has 0 saturated heterocycles. The van der Waals surface area contributed by atoms with Gasteiger partial charge in [-0.1, -0.05) is 71.7 Å². The van der Waals surface area contributed by atoms with Crippen LogP contribution in [0.25, 0.3) is 0 Å². The van der Waals surface area contributed by atoms with E-state index >= 15 is 0 Å². The smallest absolute Gasteiger partial charge is 0.0450 e. The lowest BCUT2D eigenvalue weighted by atomic mass is 9.61. The zero-order valence-electron chi connectivity index (χ0n) is 11.7. The molecule has 0 nitrogen and oxygen atoms in total. The molecule has 22 heavy (non-hydrogen) atoms. The van der Waals surface area contributed by atoms with Crippen LogP contribution in [-0.4, -0.2) is 0 Å². The molecule has 3 aromatic rings. The summed E-state index contributed by atoms with van der Waals surface area (Å²) in [5, 5.41) is 1.71. The first kappa shape index (κ1) is 12.8. The summed E-state index contributed by atoms with van der Waals surface area (Å²) in [6, 6.07) is 21.1. The molecule has 0 N–H and O–H groups in total. The summed E-state index contributed by atoms with van der Waals surface area (Å²) in [5.74, 6) is 0.386. The monoisotopic (exact) mass is 322 g/mol. The van der Waals surface area contributed by atoms with Crippen LogP contribution >= 0.6 is 23.2 Å². The molecule has 3 aliphatic carbocycles. The SMILES string of the molecule is Clc1cccc2c1[C@@H]1c3ccccc3[C@H]2c2c(Cl)cccc21. The summed E-state index contributed by atoms with van der Waals surface area (Å²) < 4.78 is 0. The molecule has 0 fully saturated rings. The Morgan fingerprint density at radius 1 is 0.500 bits per heavy atom. The van der Waals surface area contributed by atoms with Gasteiger partial charge in [-0.25, -0.2) is 0 Å². The first-order valence-electron chi connectivity index (χ1n) is 7.43. The predicted octanol–water partition coefficient (Wildman–Crippen LogP) is 5.98. The Labute approximate surface area is 139 Å². The molecule has 2 atom stereocenters. The highest BCUT2D eigenvalue weighted by atomic mass is 35.5. The molecular formula is C20H12Cl2. The molecule has 0 aromatic heterocycles. The Morgan fingerprint density at radius 3 is 1.36 bits per heavy atom. The quantitative estimate of drug-likeness (QED) is 0.329. The first-order chi connectivity index (χ1) is 10.8. The summed E-state index contributed by atoms with van der Waals surface area (Å²) in [6.07, 6.45) is 0. The van der Waals surface area contributed by atoms with Crippen molar-refractivity contribution in [1.82, 2.24) is 0 Å². The average Bonchev–Trinajstić information content (AvgIpc) is 2.55. The molecule has 3 aromatic carbocycles. The zero-order valence-corrected chi connectivity index (χ0v) is 13.2. The highest BCUT2D eigenvalue weighted by molar-refractivity contribution is 6.32. The number of halogens is 2. The normalized spacial score (nSPS) is 20.3. The van der Waals surface area contributed by atoms with Crippen molar-refractivity contribution >= 4 is 23.2 Å². The molecule has 0 radical (unpaired) electrons. The van der Waals surface area contributed by atoms with Crippen molar-refractivity contribution in [3.05, 3.63) is 104 Å². The van der Waals surface area contributed by atoms with E-state index in [0.717, 1.165) is 10.0 Å². The second-order valence-electron chi connectivity index (χ2n) is 5.98. The fourth-order valence-electron chi connectivity index (χ4n) is 4.21. The van der Waals surface area contributed by atoms with Crippen molar-refractivity contribution in [3.63, 3.8) is 0 Å². The van der Waals surface area contributed by atoms with Gasteiger partial charge < -0.3 is 0 Å². The van der Waals surface area contributed by atoms with Gasteiger partial charge >= 0.3 is 0 Å². The lowest BCUT2D eigenvalue weighted by Crippen LogP contribution is -2.28. The van der Waals surface area contributed by atoms with Gasteiger partial charge in [-0.05, 0) is 45.5 Å². The van der Waals surface area contributed by atoms with E-state index in [9.17, 15) is 0 Å². The van der Waals surface area contributed by atoms with E-state index in [1.807, 2.05) is 24.3 Å². The largest absolute Gasteiger partial charge is 0.0840 e. The minimum absolute atomic E-state index is 0.193. The first-order valence-corrected chi connectivity index (χ1v) is 8.18. The van der Waals surface area contributed by atoms with E-state index in [4.69, 9.17) is 23.2 Å². The average molecular weight is 323 g/mol. The van der Waals surface area contributed by atoms with Crippen LogP contribution in [0.15, 0.2) is 60.7 Å². The van der Waals surface area contributed by atoms with Crippen LogP contribution in [-0.2, 0) is 0 Å². The van der Waals surface area contributed by atoms with Crippen molar-refractivity contribution in [2.75, 3.05) is 0 Å². The Balaban J connectivity index is 1.96. The molecule has 106 valence electrons. The van der Waals surface area contributed by atoms with Crippen LogP contribution in [0.2, 0.25) is 10.0 Å². The van der Waals surface area contributed by atoms with E-state index in [2.05, 4.69) is 36.4 Å². The van der Waals surface area contributed by atoms with E-state index in [-0.39, 0.29) is 11.8 Å². The van der Waals surface area contributed by atoms with Gasteiger partial charge in [0, 0.05) is 21.9 Å². The maximum absolute atomic E-state index is 6.58. The highest BCUT2D eigenvalue weighted by Gasteiger charge is 2.42. The Kier molecular flexibility index (Phi) is 2.54. The van der Waals surface area contributed by atoms with Gasteiger partial charge in [0.1, 0.15) is 0 Å². The van der Waals surface area contributed by atoms with E-state index in [1.165, 1.54) is 33.4 Å². The molecule has 0 aliphatic heterocycles. The van der Waals surface area contributed by atoms with E-state index in [0.29, 0.717) is 0 Å². The molecular weight excluding hydrogens is 311 g/mol. The van der Waals surface area contributed by atoms with Gasteiger partial charge in [0.25, 0.3) is 0 Å². The van der Waals surface area contributed by atoms with Gasteiger partial charge in [-0.3, -0.25) is 0 Å². The molecule has 0 spiro atoms. The summed E-state index contributed by atoms with van der Waals surface area (Å²) in [6.45, 7) is 0. The third kappa shape index (κ3) is 1.45. The van der Waals surface area contributed by atoms with Crippen LogP contribution in [0.1, 0.15) is 45.2 Å². The molecule has 6 rings (SSSR count). The van der Waals surface area contributed by atoms with Gasteiger partial charge in [-0.2, -0.15) is 0 Å². The number of hydrogen-bond donors (Lipinski definition) is 0. The molecule has 0 unspecified atom stereocenters. The fourth-order valence-corrected chi connectivity index (χ4v) is 4.80. The summed E-state index contributed by atoms with van der Waals surface area (Å²) >= 11 is 13.2. The number of benzene rings is 3. The summed E-state index contributed by atoms with van der Waals surface area (Å²) in [7, 11) is 0. The van der Waals surface area contributed by atoms with Crippen molar-refractivity contribution in [1.29, 1.82) is 0 Å². The number of hydrogen-bond acceptors (Lipinski definition) is 0. The Morgan fingerprint density at radius 2 is 0.909 bits per heavy atom. The van der Waals surface area contributed by atoms with Gasteiger partial charge in [0.2, 0.25) is 0 Å². The summed E-state index contributed by atoms with van der Waals surface area (Å²) in [5.41, 5.74) is 7.84. The van der Waals surface area contributed by atoms with Crippen LogP contribution in [0.5, 0.6) is 0 Å². The van der Waals surface area contributed by atoms with Gasteiger partial charge in [-0.15, -0.1) is 0 Å². The maximum atomic E-state index is 6.58. The zero-order chi connectivity index (χ0) is 14.8. The third-order valence-electron chi connectivity index (χ3n) is 4.99. The number of rotatable bonds is 0. The van der Waals surface area contributed by atoms with Crippen LogP contribution in [0.4, 0.5) is 0 Å². The molecule has 0 amide bonds. The molecule has 0 heterocycles. The van der Waals surface area contributed by atoms with Crippen LogP contribution in [0, 0.1) is 0 Å². The third-order valence-corrected chi connectivity index (χ3v) is 5.65. The van der Waals surface area contributed by atoms with Crippen LogP contribution in [0.3, 0.4) is 0 Å². The van der Waals surface area contributed by atoms with Crippen LogP contribution < -0.4 is 0 Å². The lowest BCUT2D eigenvalue weighted by Gasteiger charge is -2.42.